The second-order valence-electron chi connectivity index (χ2n) is 7.07. The van der Waals surface area contributed by atoms with Crippen molar-refractivity contribution in [3.63, 3.8) is 0 Å². The van der Waals surface area contributed by atoms with E-state index in [1.807, 2.05) is 12.1 Å². The minimum atomic E-state index is -4.62. The number of carbonyl (C=O) groups is 2. The number of hydrogen-bond donors (Lipinski definition) is 1. The molecule has 0 bridgehead atoms. The maximum atomic E-state index is 13.1. The number of alkyl halides is 3. The third kappa shape index (κ3) is 6.16. The summed E-state index contributed by atoms with van der Waals surface area (Å²) in [5.74, 6) is -1.39. The van der Waals surface area contributed by atoms with Crippen molar-refractivity contribution in [3.05, 3.63) is 65.7 Å². The van der Waals surface area contributed by atoms with E-state index in [1.54, 1.807) is 24.3 Å². The third-order valence-electron chi connectivity index (χ3n) is 4.75. The molecule has 0 saturated heterocycles. The monoisotopic (exact) mass is 477 g/mol. The van der Waals surface area contributed by atoms with Gasteiger partial charge in [-0.15, -0.1) is 0 Å². The van der Waals surface area contributed by atoms with Gasteiger partial charge in [0.05, 0.1) is 25.0 Å². The van der Waals surface area contributed by atoms with Crippen LogP contribution in [-0.2, 0) is 20.4 Å². The zero-order valence-corrected chi connectivity index (χ0v) is 18.4. The summed E-state index contributed by atoms with van der Waals surface area (Å²) in [6.07, 6.45) is -4.62. The molecule has 10 heteroatoms. The molecule has 0 aromatic heterocycles. The van der Waals surface area contributed by atoms with Crippen LogP contribution in [0.3, 0.4) is 0 Å². The van der Waals surface area contributed by atoms with E-state index in [0.717, 1.165) is 29.0 Å². The minimum Gasteiger partial charge on any atom is -0.496 e. The van der Waals surface area contributed by atoms with Crippen LogP contribution in [0.1, 0.15) is 15.9 Å². The van der Waals surface area contributed by atoms with Crippen molar-refractivity contribution >= 4 is 28.3 Å². The van der Waals surface area contributed by atoms with Gasteiger partial charge in [0.1, 0.15) is 23.7 Å². The highest BCUT2D eigenvalue weighted by molar-refractivity contribution is 6.00. The number of benzene rings is 3. The summed E-state index contributed by atoms with van der Waals surface area (Å²) in [7, 11) is 2.84. The first kappa shape index (κ1) is 24.8. The summed E-state index contributed by atoms with van der Waals surface area (Å²) >= 11 is 0. The predicted molar refractivity (Wildman–Crippen MR) is 118 cm³/mol. The number of rotatable bonds is 9. The van der Waals surface area contributed by atoms with Gasteiger partial charge in [-0.3, -0.25) is 4.79 Å². The number of carbonyl (C=O) groups excluding carboxylic acids is 2. The largest absolute Gasteiger partial charge is 0.496 e. The zero-order valence-electron chi connectivity index (χ0n) is 18.4. The summed E-state index contributed by atoms with van der Waals surface area (Å²) in [5, 5.41) is 3.91. The Bertz CT molecular complexity index is 1180. The first-order valence-electron chi connectivity index (χ1n) is 10.1. The van der Waals surface area contributed by atoms with E-state index < -0.39 is 30.2 Å². The van der Waals surface area contributed by atoms with Crippen LogP contribution in [0.4, 0.5) is 18.9 Å². The highest BCUT2D eigenvalue weighted by Crippen LogP contribution is 2.35. The van der Waals surface area contributed by atoms with Crippen molar-refractivity contribution in [1.29, 1.82) is 0 Å². The van der Waals surface area contributed by atoms with Gasteiger partial charge >= 0.3 is 12.1 Å². The van der Waals surface area contributed by atoms with Gasteiger partial charge in [0.15, 0.2) is 6.61 Å². The summed E-state index contributed by atoms with van der Waals surface area (Å²) in [5.41, 5.74) is -1.08. The van der Waals surface area contributed by atoms with Crippen LogP contribution in [0.5, 0.6) is 11.5 Å². The number of methoxy groups -OCH3 is 2. The maximum absolute atomic E-state index is 13.1. The van der Waals surface area contributed by atoms with Crippen LogP contribution in [-0.4, -0.2) is 45.9 Å². The maximum Gasteiger partial charge on any atom is 0.416 e. The van der Waals surface area contributed by atoms with Crippen molar-refractivity contribution < 1.29 is 41.7 Å². The van der Waals surface area contributed by atoms with Gasteiger partial charge in [-0.05, 0) is 41.1 Å². The molecule has 0 fully saturated rings. The first-order valence-corrected chi connectivity index (χ1v) is 10.1. The van der Waals surface area contributed by atoms with Crippen LogP contribution in [0.25, 0.3) is 10.8 Å². The molecule has 3 aromatic carbocycles. The van der Waals surface area contributed by atoms with E-state index in [1.165, 1.54) is 14.2 Å². The normalized spacial score (nSPS) is 11.2. The van der Waals surface area contributed by atoms with Gasteiger partial charge in [-0.25, -0.2) is 4.79 Å². The first-order chi connectivity index (χ1) is 16.2. The Labute approximate surface area is 193 Å². The molecule has 1 N–H and O–H groups in total. The Morgan fingerprint density at radius 3 is 2.26 bits per heavy atom. The van der Waals surface area contributed by atoms with E-state index in [-0.39, 0.29) is 36.0 Å². The molecule has 34 heavy (non-hydrogen) atoms. The lowest BCUT2D eigenvalue weighted by Crippen LogP contribution is -2.22. The smallest absolute Gasteiger partial charge is 0.416 e. The third-order valence-corrected chi connectivity index (χ3v) is 4.75. The summed E-state index contributed by atoms with van der Waals surface area (Å²) in [6.45, 7) is -0.482. The number of halogens is 3. The number of anilines is 1. The average Bonchev–Trinajstić information content (AvgIpc) is 2.82. The molecule has 180 valence electrons. The molecular formula is C24H22F3NO6. The number of ether oxygens (including phenoxy) is 4. The molecule has 0 saturated carbocycles. The minimum absolute atomic E-state index is 0.0147. The molecule has 7 nitrogen and oxygen atoms in total. The standard InChI is InChI=1S/C24H22F3NO6/c1-31-9-10-33-20-8-7-17(24(25,26)27)13-19(20)28-22(29)14-34-23(30)18-11-15-5-3-4-6-16(15)12-21(18)32-2/h3-8,11-13H,9-10,14H2,1-2H3,(H,28,29). The predicted octanol–water partition coefficient (Wildman–Crippen LogP) is 4.69. The topological polar surface area (TPSA) is 83.1 Å². The fourth-order valence-corrected chi connectivity index (χ4v) is 3.11. The van der Waals surface area contributed by atoms with Gasteiger partial charge in [-0.1, -0.05) is 24.3 Å². The van der Waals surface area contributed by atoms with Crippen LogP contribution in [0.15, 0.2) is 54.6 Å². The Balaban J connectivity index is 1.73. The quantitative estimate of drug-likeness (QED) is 0.356. The summed E-state index contributed by atoms with van der Waals surface area (Å²) in [6, 6.07) is 13.2. The Hall–Kier alpha value is -3.79. The van der Waals surface area contributed by atoms with E-state index in [0.29, 0.717) is 0 Å². The van der Waals surface area contributed by atoms with E-state index >= 15 is 0 Å². The number of esters is 1. The van der Waals surface area contributed by atoms with Crippen molar-refractivity contribution in [2.24, 2.45) is 0 Å². The molecule has 0 atom stereocenters. The lowest BCUT2D eigenvalue weighted by atomic mass is 10.1. The average molecular weight is 477 g/mol. The van der Waals surface area contributed by atoms with Gasteiger partial charge in [0, 0.05) is 7.11 Å². The summed E-state index contributed by atoms with van der Waals surface area (Å²) < 4.78 is 59.9. The number of hydrogen-bond acceptors (Lipinski definition) is 6. The van der Waals surface area contributed by atoms with Crippen LogP contribution in [0, 0.1) is 0 Å². The Morgan fingerprint density at radius 2 is 1.62 bits per heavy atom. The molecule has 0 heterocycles. The highest BCUT2D eigenvalue weighted by atomic mass is 19.4. The van der Waals surface area contributed by atoms with Crippen LogP contribution >= 0.6 is 0 Å². The molecule has 3 aromatic rings. The summed E-state index contributed by atoms with van der Waals surface area (Å²) in [4.78, 5) is 25.0. The lowest BCUT2D eigenvalue weighted by Gasteiger charge is -2.15. The molecule has 3 rings (SSSR count). The van der Waals surface area contributed by atoms with Crippen molar-refractivity contribution in [1.82, 2.24) is 0 Å². The van der Waals surface area contributed by atoms with Gasteiger partial charge < -0.3 is 24.3 Å². The van der Waals surface area contributed by atoms with Gasteiger partial charge in [-0.2, -0.15) is 13.2 Å². The van der Waals surface area contributed by atoms with Crippen molar-refractivity contribution in [2.75, 3.05) is 39.4 Å². The number of nitrogens with one attached hydrogen (secondary N) is 1. The van der Waals surface area contributed by atoms with Crippen molar-refractivity contribution in [3.8, 4) is 11.5 Å². The molecule has 0 aliphatic heterocycles. The van der Waals surface area contributed by atoms with E-state index in [4.69, 9.17) is 18.9 Å². The SMILES string of the molecule is COCCOc1ccc(C(F)(F)F)cc1NC(=O)COC(=O)c1cc2ccccc2cc1OC. The second kappa shape index (κ2) is 10.9. The van der Waals surface area contributed by atoms with Crippen LogP contribution in [0.2, 0.25) is 0 Å². The molecule has 0 spiro atoms. The van der Waals surface area contributed by atoms with E-state index in [2.05, 4.69) is 5.32 Å². The molecule has 0 aliphatic carbocycles. The Morgan fingerprint density at radius 1 is 0.912 bits per heavy atom. The van der Waals surface area contributed by atoms with Crippen LogP contribution < -0.4 is 14.8 Å². The second-order valence-corrected chi connectivity index (χ2v) is 7.07. The molecular weight excluding hydrogens is 455 g/mol. The fraction of sp³-hybridized carbons (Fsp3) is 0.250. The Kier molecular flexibility index (Phi) is 7.95. The number of fused-ring (bicyclic) bond motifs is 1. The van der Waals surface area contributed by atoms with Crippen molar-refractivity contribution in [2.45, 2.75) is 6.18 Å². The molecule has 0 aliphatic rings. The van der Waals surface area contributed by atoms with E-state index in [9.17, 15) is 22.8 Å². The van der Waals surface area contributed by atoms with Gasteiger partial charge in [0.25, 0.3) is 5.91 Å². The lowest BCUT2D eigenvalue weighted by molar-refractivity contribution is -0.137. The van der Waals surface area contributed by atoms with Gasteiger partial charge in [0.2, 0.25) is 0 Å². The highest BCUT2D eigenvalue weighted by Gasteiger charge is 2.31. The molecule has 1 amide bonds. The number of amides is 1. The molecule has 0 radical (unpaired) electrons. The zero-order chi connectivity index (χ0) is 24.7. The fourth-order valence-electron chi connectivity index (χ4n) is 3.11. The molecule has 0 unspecified atom stereocenters.